The molecule has 0 aliphatic carbocycles. The van der Waals surface area contributed by atoms with Crippen molar-refractivity contribution < 1.29 is 4.79 Å². The summed E-state index contributed by atoms with van der Waals surface area (Å²) in [5.74, 6) is 0.518. The monoisotopic (exact) mass is 268 g/mol. The second kappa shape index (κ2) is 6.78. The highest BCUT2D eigenvalue weighted by molar-refractivity contribution is 9.09. The van der Waals surface area contributed by atoms with Gasteiger partial charge in [0.25, 0.3) is 0 Å². The maximum absolute atomic E-state index is 11.7. The van der Waals surface area contributed by atoms with Gasteiger partial charge in [0.1, 0.15) is 5.78 Å². The molecule has 15 heavy (non-hydrogen) atoms. The van der Waals surface area contributed by atoms with Crippen molar-refractivity contribution >= 4 is 21.7 Å². The number of halogens is 1. The van der Waals surface area contributed by atoms with Gasteiger partial charge in [0.2, 0.25) is 0 Å². The Hall–Kier alpha value is -0.630. The van der Waals surface area contributed by atoms with E-state index in [9.17, 15) is 4.79 Å². The van der Waals surface area contributed by atoms with E-state index in [2.05, 4.69) is 28.1 Å². The molecular weight excluding hydrogens is 252 g/mol. The first-order chi connectivity index (χ1) is 7.24. The topological polar surface area (TPSA) is 17.1 Å². The van der Waals surface area contributed by atoms with Crippen LogP contribution in [0.3, 0.4) is 0 Å². The summed E-state index contributed by atoms with van der Waals surface area (Å²) in [6, 6.07) is 10.2. The van der Waals surface area contributed by atoms with Gasteiger partial charge in [0.15, 0.2) is 0 Å². The molecule has 0 bridgehead atoms. The maximum atomic E-state index is 11.7. The van der Waals surface area contributed by atoms with Crippen molar-refractivity contribution in [3.8, 4) is 0 Å². The van der Waals surface area contributed by atoms with Crippen LogP contribution in [0.1, 0.15) is 25.3 Å². The van der Waals surface area contributed by atoms with Gasteiger partial charge in [0, 0.05) is 17.7 Å². The lowest BCUT2D eigenvalue weighted by Gasteiger charge is -2.09. The Bertz CT molecular complexity index is 295. The molecular formula is C13H17BrO. The van der Waals surface area contributed by atoms with E-state index in [1.54, 1.807) is 0 Å². The van der Waals surface area contributed by atoms with Crippen molar-refractivity contribution in [3.05, 3.63) is 35.9 Å². The zero-order valence-corrected chi connectivity index (χ0v) is 10.7. The van der Waals surface area contributed by atoms with Gasteiger partial charge in [-0.3, -0.25) is 4.79 Å². The van der Waals surface area contributed by atoms with Gasteiger partial charge in [0.05, 0.1) is 0 Å². The molecule has 0 N–H and O–H groups in total. The second-order valence-electron chi connectivity index (χ2n) is 3.85. The van der Waals surface area contributed by atoms with Crippen LogP contribution in [0, 0.1) is 5.92 Å². The quantitative estimate of drug-likeness (QED) is 0.721. The van der Waals surface area contributed by atoms with Gasteiger partial charge in [-0.25, -0.2) is 0 Å². The van der Waals surface area contributed by atoms with Crippen LogP contribution < -0.4 is 0 Å². The summed E-state index contributed by atoms with van der Waals surface area (Å²) in [4.78, 5) is 11.7. The number of hydrogen-bond acceptors (Lipinski definition) is 1. The Balaban J connectivity index is 2.41. The van der Waals surface area contributed by atoms with Gasteiger partial charge in [-0.15, -0.1) is 0 Å². The van der Waals surface area contributed by atoms with Gasteiger partial charge >= 0.3 is 0 Å². The number of ketones is 1. The molecule has 0 aliphatic rings. The molecule has 1 unspecified atom stereocenters. The highest BCUT2D eigenvalue weighted by Gasteiger charge is 2.12. The third kappa shape index (κ3) is 4.61. The zero-order chi connectivity index (χ0) is 11.1. The van der Waals surface area contributed by atoms with Crippen molar-refractivity contribution in [3.63, 3.8) is 0 Å². The van der Waals surface area contributed by atoms with Gasteiger partial charge in [-0.1, -0.05) is 53.2 Å². The molecule has 0 radical (unpaired) electrons. The number of Topliss-reactive ketones (excluding diaryl/α,β-unsaturated/α-hetero) is 1. The summed E-state index contributed by atoms with van der Waals surface area (Å²) in [5.41, 5.74) is 1.25. The number of carbonyl (C=O) groups is 1. The molecule has 0 amide bonds. The van der Waals surface area contributed by atoms with Gasteiger partial charge < -0.3 is 0 Å². The van der Waals surface area contributed by atoms with E-state index >= 15 is 0 Å². The molecule has 0 aromatic heterocycles. The smallest absolute Gasteiger partial charge is 0.136 e. The second-order valence-corrected chi connectivity index (χ2v) is 4.64. The fourth-order valence-electron chi connectivity index (χ4n) is 1.57. The minimum Gasteiger partial charge on any atom is -0.299 e. The van der Waals surface area contributed by atoms with E-state index in [0.29, 0.717) is 12.2 Å². The maximum Gasteiger partial charge on any atom is 0.136 e. The van der Waals surface area contributed by atoms with Crippen LogP contribution in [0.5, 0.6) is 0 Å². The minimum atomic E-state index is 0.145. The Kier molecular flexibility index (Phi) is 5.62. The van der Waals surface area contributed by atoms with Crippen LogP contribution in [0.15, 0.2) is 30.3 Å². The fourth-order valence-corrected chi connectivity index (χ4v) is 1.85. The summed E-state index contributed by atoms with van der Waals surface area (Å²) >= 11 is 3.34. The lowest BCUT2D eigenvalue weighted by molar-refractivity contribution is -0.122. The Morgan fingerprint density at radius 3 is 2.60 bits per heavy atom. The predicted octanol–water partition coefficient (Wildman–Crippen LogP) is 3.61. The third-order valence-electron chi connectivity index (χ3n) is 2.49. The largest absolute Gasteiger partial charge is 0.299 e. The molecule has 0 aliphatic heterocycles. The van der Waals surface area contributed by atoms with Gasteiger partial charge in [-0.2, -0.15) is 0 Å². The number of benzene rings is 1. The van der Waals surface area contributed by atoms with E-state index in [1.165, 1.54) is 5.56 Å². The van der Waals surface area contributed by atoms with Crippen LogP contribution in [0.25, 0.3) is 0 Å². The molecule has 82 valence electrons. The SMILES string of the molecule is CC(Cc1ccccc1)C(=O)CCCBr. The van der Waals surface area contributed by atoms with E-state index in [1.807, 2.05) is 25.1 Å². The average molecular weight is 269 g/mol. The summed E-state index contributed by atoms with van der Waals surface area (Å²) < 4.78 is 0. The summed E-state index contributed by atoms with van der Waals surface area (Å²) in [6.45, 7) is 2.02. The Labute approximate surface area is 100 Å². The van der Waals surface area contributed by atoms with Crippen LogP contribution in [0.4, 0.5) is 0 Å². The first-order valence-electron chi connectivity index (χ1n) is 5.36. The minimum absolute atomic E-state index is 0.145. The van der Waals surface area contributed by atoms with Gasteiger partial charge in [-0.05, 0) is 18.4 Å². The number of rotatable bonds is 6. The van der Waals surface area contributed by atoms with E-state index in [-0.39, 0.29) is 5.92 Å². The summed E-state index contributed by atoms with van der Waals surface area (Å²) in [7, 11) is 0. The predicted molar refractivity (Wildman–Crippen MR) is 67.3 cm³/mol. The molecule has 0 saturated carbocycles. The first-order valence-corrected chi connectivity index (χ1v) is 6.48. The van der Waals surface area contributed by atoms with E-state index < -0.39 is 0 Å². The molecule has 0 fully saturated rings. The molecule has 1 atom stereocenters. The lowest BCUT2D eigenvalue weighted by atomic mass is 9.95. The molecule has 1 nitrogen and oxygen atoms in total. The summed E-state index contributed by atoms with van der Waals surface area (Å²) in [6.07, 6.45) is 2.50. The molecule has 1 aromatic rings. The lowest BCUT2D eigenvalue weighted by Crippen LogP contribution is -2.13. The highest BCUT2D eigenvalue weighted by atomic mass is 79.9. The van der Waals surface area contributed by atoms with Crippen molar-refractivity contribution in [2.75, 3.05) is 5.33 Å². The van der Waals surface area contributed by atoms with Crippen molar-refractivity contribution in [1.29, 1.82) is 0 Å². The highest BCUT2D eigenvalue weighted by Crippen LogP contribution is 2.12. The normalized spacial score (nSPS) is 12.4. The molecule has 0 saturated heterocycles. The first kappa shape index (κ1) is 12.4. The molecule has 1 rings (SSSR count). The van der Waals surface area contributed by atoms with Crippen molar-refractivity contribution in [2.45, 2.75) is 26.2 Å². The van der Waals surface area contributed by atoms with Crippen molar-refractivity contribution in [1.82, 2.24) is 0 Å². The van der Waals surface area contributed by atoms with Crippen molar-refractivity contribution in [2.24, 2.45) is 5.92 Å². The average Bonchev–Trinajstić information content (AvgIpc) is 2.27. The summed E-state index contributed by atoms with van der Waals surface area (Å²) in [5, 5.41) is 0.913. The molecule has 0 heterocycles. The number of alkyl halides is 1. The van der Waals surface area contributed by atoms with E-state index in [4.69, 9.17) is 0 Å². The zero-order valence-electron chi connectivity index (χ0n) is 9.08. The standard InChI is InChI=1S/C13H17BrO/c1-11(13(15)8-5-9-14)10-12-6-3-2-4-7-12/h2-4,6-7,11H,5,8-10H2,1H3. The Morgan fingerprint density at radius 1 is 1.33 bits per heavy atom. The van der Waals surface area contributed by atoms with E-state index in [0.717, 1.165) is 18.2 Å². The molecule has 0 spiro atoms. The molecule has 1 aromatic carbocycles. The molecule has 2 heteroatoms. The van der Waals surface area contributed by atoms with Crippen LogP contribution in [0.2, 0.25) is 0 Å². The third-order valence-corrected chi connectivity index (χ3v) is 3.05. The number of carbonyl (C=O) groups excluding carboxylic acids is 1. The fraction of sp³-hybridized carbons (Fsp3) is 0.462. The Morgan fingerprint density at radius 2 is 2.00 bits per heavy atom. The van der Waals surface area contributed by atoms with Crippen LogP contribution in [-0.4, -0.2) is 11.1 Å². The van der Waals surface area contributed by atoms with Crippen LogP contribution >= 0.6 is 15.9 Å². The van der Waals surface area contributed by atoms with Crippen LogP contribution in [-0.2, 0) is 11.2 Å². The number of hydrogen-bond donors (Lipinski definition) is 0.